The number of nitrogens with two attached hydrogens (primary N) is 1. The van der Waals surface area contributed by atoms with Gasteiger partial charge in [-0.2, -0.15) is 0 Å². The van der Waals surface area contributed by atoms with Crippen LogP contribution in [-0.2, 0) is 9.59 Å². The lowest BCUT2D eigenvalue weighted by Crippen LogP contribution is -2.61. The number of hydrogen-bond donors (Lipinski definition) is 3. The second-order valence-electron chi connectivity index (χ2n) is 9.95. The predicted octanol–water partition coefficient (Wildman–Crippen LogP) is 3.50. The minimum Gasteiger partial charge on any atom is -0.388 e. The maximum Gasteiger partial charge on any atom is 0.239 e. The van der Waals surface area contributed by atoms with Crippen LogP contribution in [0, 0.1) is 5.41 Å². The molecule has 0 unspecified atom stereocenters. The Balaban J connectivity index is 2.29. The van der Waals surface area contributed by atoms with Crippen molar-refractivity contribution in [2.24, 2.45) is 11.1 Å². The lowest BCUT2D eigenvalue weighted by molar-refractivity contribution is -0.173. The maximum absolute atomic E-state index is 14.2. The van der Waals surface area contributed by atoms with Gasteiger partial charge < -0.3 is 20.8 Å². The molecule has 2 aromatic carbocycles. The zero-order chi connectivity index (χ0) is 23.7. The molecular formula is C26H34N2O4. The summed E-state index contributed by atoms with van der Waals surface area (Å²) in [5, 5.41) is 22.6. The smallest absolute Gasteiger partial charge is 0.239 e. The number of amides is 2. The maximum atomic E-state index is 14.2. The number of rotatable bonds is 8. The van der Waals surface area contributed by atoms with Crippen LogP contribution < -0.4 is 5.73 Å². The van der Waals surface area contributed by atoms with Crippen molar-refractivity contribution in [2.45, 2.75) is 70.2 Å². The summed E-state index contributed by atoms with van der Waals surface area (Å²) in [6, 6.07) is 16.8. The summed E-state index contributed by atoms with van der Waals surface area (Å²) >= 11 is 0. The Hall–Kier alpha value is -2.70. The lowest BCUT2D eigenvalue weighted by atomic mass is 9.66. The molecule has 0 aliphatic heterocycles. The van der Waals surface area contributed by atoms with Gasteiger partial charge in [0.25, 0.3) is 0 Å². The molecule has 1 aliphatic carbocycles. The van der Waals surface area contributed by atoms with Crippen LogP contribution in [0.5, 0.6) is 0 Å². The molecule has 3 rings (SSSR count). The fraction of sp³-hybridized carbons (Fsp3) is 0.462. The normalized spacial score (nSPS) is 17.7. The SMILES string of the molecule is CC(C)(O)[C@@H](c1ccccc1)N(C(=O)C1(C(N)=O)CCC1)[C@H](c1ccccc1)C(C)(C)O. The van der Waals surface area contributed by atoms with E-state index in [-0.39, 0.29) is 0 Å². The lowest BCUT2D eigenvalue weighted by Gasteiger charge is -2.51. The van der Waals surface area contributed by atoms with Gasteiger partial charge in [0, 0.05) is 0 Å². The van der Waals surface area contributed by atoms with Gasteiger partial charge in [-0.3, -0.25) is 9.59 Å². The Bertz CT molecular complexity index is 884. The number of carbonyl (C=O) groups is 2. The summed E-state index contributed by atoms with van der Waals surface area (Å²) < 4.78 is 0. The average Bonchev–Trinajstić information content (AvgIpc) is 2.65. The monoisotopic (exact) mass is 438 g/mol. The zero-order valence-electron chi connectivity index (χ0n) is 19.3. The van der Waals surface area contributed by atoms with Crippen molar-refractivity contribution in [1.29, 1.82) is 0 Å². The van der Waals surface area contributed by atoms with Gasteiger partial charge in [-0.15, -0.1) is 0 Å². The summed E-state index contributed by atoms with van der Waals surface area (Å²) in [5.41, 5.74) is 3.08. The Morgan fingerprint density at radius 1 is 0.844 bits per heavy atom. The minimum atomic E-state index is -1.38. The van der Waals surface area contributed by atoms with Crippen molar-refractivity contribution >= 4 is 11.8 Å². The van der Waals surface area contributed by atoms with E-state index in [0.29, 0.717) is 24.0 Å². The molecule has 2 aromatic rings. The molecule has 0 heterocycles. The number of benzene rings is 2. The quantitative estimate of drug-likeness (QED) is 0.549. The molecule has 0 bridgehead atoms. The van der Waals surface area contributed by atoms with Crippen LogP contribution in [0.25, 0.3) is 0 Å². The third-order valence-electron chi connectivity index (χ3n) is 6.45. The van der Waals surface area contributed by atoms with E-state index in [1.54, 1.807) is 27.7 Å². The molecule has 0 saturated heterocycles. The number of nitrogens with zero attached hydrogens (tertiary/aromatic N) is 1. The Morgan fingerprint density at radius 2 is 1.22 bits per heavy atom. The van der Waals surface area contributed by atoms with Crippen LogP contribution >= 0.6 is 0 Å². The van der Waals surface area contributed by atoms with Crippen LogP contribution in [0.1, 0.15) is 70.2 Å². The second kappa shape index (κ2) is 8.68. The predicted molar refractivity (Wildman–Crippen MR) is 123 cm³/mol. The molecule has 6 heteroatoms. The van der Waals surface area contributed by atoms with Crippen LogP contribution in [0.3, 0.4) is 0 Å². The van der Waals surface area contributed by atoms with Crippen molar-refractivity contribution in [3.8, 4) is 0 Å². The van der Waals surface area contributed by atoms with Crippen molar-refractivity contribution < 1.29 is 19.8 Å². The highest BCUT2D eigenvalue weighted by molar-refractivity contribution is 6.05. The molecule has 1 aliphatic rings. The fourth-order valence-corrected chi connectivity index (χ4v) is 4.82. The molecule has 2 atom stereocenters. The van der Waals surface area contributed by atoms with Gasteiger partial charge in [-0.25, -0.2) is 0 Å². The molecule has 0 aromatic heterocycles. The average molecular weight is 439 g/mol. The number of carbonyl (C=O) groups excluding carboxylic acids is 2. The number of aliphatic hydroxyl groups is 2. The molecular weight excluding hydrogens is 404 g/mol. The molecule has 0 spiro atoms. The Kier molecular flexibility index (Phi) is 6.50. The molecule has 172 valence electrons. The first kappa shape index (κ1) is 24.0. The van der Waals surface area contributed by atoms with E-state index in [4.69, 9.17) is 5.73 Å². The topological polar surface area (TPSA) is 104 Å². The summed E-state index contributed by atoms with van der Waals surface area (Å²) in [6.45, 7) is 6.54. The summed E-state index contributed by atoms with van der Waals surface area (Å²) in [5.74, 6) is -1.12. The van der Waals surface area contributed by atoms with Gasteiger partial charge in [0.05, 0.1) is 23.3 Å². The molecule has 2 amide bonds. The first-order chi connectivity index (χ1) is 14.9. The Labute approximate surface area is 190 Å². The van der Waals surface area contributed by atoms with Crippen LogP contribution in [0.2, 0.25) is 0 Å². The van der Waals surface area contributed by atoms with Crippen molar-refractivity contribution in [3.63, 3.8) is 0 Å². The van der Waals surface area contributed by atoms with E-state index in [9.17, 15) is 19.8 Å². The summed E-state index contributed by atoms with van der Waals surface area (Å²) in [6.07, 6.45) is 1.44. The van der Waals surface area contributed by atoms with Crippen LogP contribution in [0.15, 0.2) is 60.7 Å². The van der Waals surface area contributed by atoms with Gasteiger partial charge in [-0.1, -0.05) is 67.1 Å². The largest absolute Gasteiger partial charge is 0.388 e. The number of primary amides is 1. The third kappa shape index (κ3) is 4.43. The van der Waals surface area contributed by atoms with Gasteiger partial charge >= 0.3 is 0 Å². The van der Waals surface area contributed by atoms with Crippen molar-refractivity contribution in [2.75, 3.05) is 0 Å². The minimum absolute atomic E-state index is 0.360. The van der Waals surface area contributed by atoms with Gasteiger partial charge in [-0.05, 0) is 51.7 Å². The van der Waals surface area contributed by atoms with Crippen LogP contribution in [0.4, 0.5) is 0 Å². The highest BCUT2D eigenvalue weighted by Gasteiger charge is 2.56. The molecule has 6 nitrogen and oxygen atoms in total. The highest BCUT2D eigenvalue weighted by atomic mass is 16.3. The zero-order valence-corrected chi connectivity index (χ0v) is 19.3. The van der Waals surface area contributed by atoms with E-state index in [0.717, 1.165) is 6.42 Å². The van der Waals surface area contributed by atoms with E-state index < -0.39 is 40.5 Å². The summed E-state index contributed by atoms with van der Waals surface area (Å²) in [7, 11) is 0. The fourth-order valence-electron chi connectivity index (χ4n) is 4.82. The van der Waals surface area contributed by atoms with Crippen molar-refractivity contribution in [1.82, 2.24) is 4.90 Å². The molecule has 0 radical (unpaired) electrons. The first-order valence-electron chi connectivity index (χ1n) is 11.1. The second-order valence-corrected chi connectivity index (χ2v) is 9.95. The number of hydrogen-bond acceptors (Lipinski definition) is 4. The van der Waals surface area contributed by atoms with E-state index in [1.165, 1.54) is 4.90 Å². The van der Waals surface area contributed by atoms with E-state index >= 15 is 0 Å². The molecule has 1 fully saturated rings. The first-order valence-corrected chi connectivity index (χ1v) is 11.1. The highest BCUT2D eigenvalue weighted by Crippen LogP contribution is 2.49. The summed E-state index contributed by atoms with van der Waals surface area (Å²) in [4.78, 5) is 28.2. The standard InChI is InChI=1S/C26H34N2O4/c1-24(2,31)20(18-12-7-5-8-13-18)28(23(30)26(22(27)29)16-11-17-26)21(25(3,4)32)19-14-9-6-10-15-19/h5-10,12-15,20-21,31-32H,11,16-17H2,1-4H3,(H2,27,29)/t20-,21-/m1/s1. The van der Waals surface area contributed by atoms with Gasteiger partial charge in [0.2, 0.25) is 11.8 Å². The van der Waals surface area contributed by atoms with Gasteiger partial charge in [0.1, 0.15) is 5.41 Å². The van der Waals surface area contributed by atoms with Crippen LogP contribution in [-0.4, -0.2) is 38.1 Å². The van der Waals surface area contributed by atoms with Crippen molar-refractivity contribution in [3.05, 3.63) is 71.8 Å². The van der Waals surface area contributed by atoms with E-state index in [2.05, 4.69) is 0 Å². The van der Waals surface area contributed by atoms with Gasteiger partial charge in [0.15, 0.2) is 0 Å². The van der Waals surface area contributed by atoms with E-state index in [1.807, 2.05) is 60.7 Å². The Morgan fingerprint density at radius 3 is 1.47 bits per heavy atom. The molecule has 1 saturated carbocycles. The molecule has 4 N–H and O–H groups in total. The third-order valence-corrected chi connectivity index (χ3v) is 6.45. The molecule has 32 heavy (non-hydrogen) atoms.